The van der Waals surface area contributed by atoms with E-state index in [1.807, 2.05) is 0 Å². The molecular formula is C8H4ClN3O2S. The molecule has 2 heterocycles. The van der Waals surface area contributed by atoms with Crippen molar-refractivity contribution in [3.63, 3.8) is 0 Å². The third kappa shape index (κ3) is 2.34. The van der Waals surface area contributed by atoms with Crippen LogP contribution in [0.3, 0.4) is 0 Å². The minimum absolute atomic E-state index is 0.0964. The van der Waals surface area contributed by atoms with Crippen LogP contribution in [0.1, 0.15) is 5.69 Å². The predicted octanol–water partition coefficient (Wildman–Crippen LogP) is 1.45. The van der Waals surface area contributed by atoms with E-state index >= 15 is 0 Å². The lowest BCUT2D eigenvalue weighted by Crippen LogP contribution is -2.17. The molecular weight excluding hydrogens is 238 g/mol. The quantitative estimate of drug-likeness (QED) is 0.595. The van der Waals surface area contributed by atoms with Crippen molar-refractivity contribution < 1.29 is 9.59 Å². The van der Waals surface area contributed by atoms with Crippen LogP contribution in [0.2, 0.25) is 5.28 Å². The van der Waals surface area contributed by atoms with Gasteiger partial charge >= 0.3 is 0 Å². The molecule has 0 radical (unpaired) electrons. The Balaban J connectivity index is 2.31. The van der Waals surface area contributed by atoms with Crippen molar-refractivity contribution in [1.82, 2.24) is 15.3 Å². The van der Waals surface area contributed by atoms with Gasteiger partial charge in [-0.25, -0.2) is 9.97 Å². The van der Waals surface area contributed by atoms with Gasteiger partial charge in [0, 0.05) is 6.20 Å². The number of nitrogens with one attached hydrogen (secondary N) is 1. The van der Waals surface area contributed by atoms with E-state index in [0.717, 1.165) is 11.8 Å². The van der Waals surface area contributed by atoms with Gasteiger partial charge in [0.05, 0.1) is 10.6 Å². The molecule has 0 spiro atoms. The molecule has 1 aromatic rings. The largest absolute Gasteiger partial charge is 0.290 e. The highest BCUT2D eigenvalue weighted by atomic mass is 35.5. The molecule has 1 aliphatic heterocycles. The summed E-state index contributed by atoms with van der Waals surface area (Å²) in [5.74, 6) is -0.417. The lowest BCUT2D eigenvalue weighted by Gasteiger charge is -1.93. The number of rotatable bonds is 1. The molecule has 0 atom stereocenters. The van der Waals surface area contributed by atoms with Gasteiger partial charge in [-0.05, 0) is 35.5 Å². The van der Waals surface area contributed by atoms with Gasteiger partial charge in [0.1, 0.15) is 0 Å². The normalized spacial score (nSPS) is 18.3. The first-order valence-electron chi connectivity index (χ1n) is 3.88. The molecule has 1 aliphatic rings. The number of amides is 2. The highest BCUT2D eigenvalue weighted by Crippen LogP contribution is 2.24. The van der Waals surface area contributed by atoms with Gasteiger partial charge in [-0.3, -0.25) is 14.9 Å². The van der Waals surface area contributed by atoms with Crippen molar-refractivity contribution in [2.24, 2.45) is 0 Å². The number of nitrogens with zero attached hydrogens (tertiary/aromatic N) is 2. The predicted molar refractivity (Wildman–Crippen MR) is 56.1 cm³/mol. The number of halogens is 1. The standard InChI is InChI=1S/C8H4ClN3O2S/c9-7-10-2-1-4(11-7)3-5-6(13)12-8(14)15-5/h1-3H,(H,12,13,14)/b5-3-. The van der Waals surface area contributed by atoms with Gasteiger partial charge in [0.25, 0.3) is 11.1 Å². The Morgan fingerprint density at radius 1 is 1.47 bits per heavy atom. The monoisotopic (exact) mass is 241 g/mol. The van der Waals surface area contributed by atoms with Gasteiger partial charge in [-0.2, -0.15) is 0 Å². The Hall–Kier alpha value is -1.40. The van der Waals surface area contributed by atoms with Crippen LogP contribution < -0.4 is 5.32 Å². The van der Waals surface area contributed by atoms with Gasteiger partial charge in [-0.15, -0.1) is 0 Å². The van der Waals surface area contributed by atoms with E-state index in [1.165, 1.54) is 12.3 Å². The summed E-state index contributed by atoms with van der Waals surface area (Å²) in [5.41, 5.74) is 0.488. The Morgan fingerprint density at radius 2 is 2.27 bits per heavy atom. The molecule has 0 aliphatic carbocycles. The molecule has 2 rings (SSSR count). The molecule has 0 unspecified atom stereocenters. The Morgan fingerprint density at radius 3 is 2.87 bits per heavy atom. The lowest BCUT2D eigenvalue weighted by molar-refractivity contribution is -0.115. The van der Waals surface area contributed by atoms with Crippen LogP contribution in [0.4, 0.5) is 4.79 Å². The summed E-state index contributed by atoms with van der Waals surface area (Å²) < 4.78 is 0. The first-order valence-corrected chi connectivity index (χ1v) is 5.08. The summed E-state index contributed by atoms with van der Waals surface area (Å²) in [5, 5.41) is 1.86. The highest BCUT2D eigenvalue weighted by Gasteiger charge is 2.25. The van der Waals surface area contributed by atoms with Crippen LogP contribution in [0.5, 0.6) is 0 Å². The van der Waals surface area contributed by atoms with Gasteiger partial charge < -0.3 is 0 Å². The second-order valence-corrected chi connectivity index (χ2v) is 3.96. The second-order valence-electron chi connectivity index (χ2n) is 2.60. The molecule has 15 heavy (non-hydrogen) atoms. The topological polar surface area (TPSA) is 72.0 Å². The number of carbonyl (C=O) groups excluding carboxylic acids is 2. The summed E-state index contributed by atoms with van der Waals surface area (Å²) in [6.45, 7) is 0. The molecule has 0 bridgehead atoms. The highest BCUT2D eigenvalue weighted by molar-refractivity contribution is 8.18. The van der Waals surface area contributed by atoms with E-state index in [0.29, 0.717) is 10.6 Å². The number of hydrogen-bond acceptors (Lipinski definition) is 5. The van der Waals surface area contributed by atoms with E-state index in [2.05, 4.69) is 15.3 Å². The minimum Gasteiger partial charge on any atom is -0.282 e. The molecule has 0 aromatic carbocycles. The first kappa shape index (κ1) is 10.1. The SMILES string of the molecule is O=C1NC(=O)/C(=C/c2ccnc(Cl)n2)S1. The van der Waals surface area contributed by atoms with E-state index in [-0.39, 0.29) is 10.5 Å². The maximum absolute atomic E-state index is 11.2. The lowest BCUT2D eigenvalue weighted by atomic mass is 10.3. The molecule has 5 nitrogen and oxygen atoms in total. The van der Waals surface area contributed by atoms with Crippen molar-refractivity contribution in [2.75, 3.05) is 0 Å². The molecule has 2 amide bonds. The number of thioether (sulfide) groups is 1. The first-order chi connectivity index (χ1) is 7.15. The summed E-state index contributed by atoms with van der Waals surface area (Å²) in [6.07, 6.45) is 2.96. The summed E-state index contributed by atoms with van der Waals surface area (Å²) in [7, 11) is 0. The Labute approximate surface area is 93.9 Å². The Bertz CT molecular complexity index is 475. The van der Waals surface area contributed by atoms with Crippen LogP contribution >= 0.6 is 23.4 Å². The van der Waals surface area contributed by atoms with Crippen molar-refractivity contribution in [3.05, 3.63) is 28.1 Å². The molecule has 0 saturated carbocycles. The fourth-order valence-corrected chi connectivity index (χ4v) is 1.80. The van der Waals surface area contributed by atoms with E-state index in [9.17, 15) is 9.59 Å². The number of carbonyl (C=O) groups is 2. The Kier molecular flexibility index (Phi) is 2.70. The third-order valence-electron chi connectivity index (χ3n) is 1.57. The summed E-state index contributed by atoms with van der Waals surface area (Å²) >= 11 is 6.40. The summed E-state index contributed by atoms with van der Waals surface area (Å²) in [4.78, 5) is 29.9. The molecule has 76 valence electrons. The van der Waals surface area contributed by atoms with Crippen molar-refractivity contribution in [3.8, 4) is 0 Å². The van der Waals surface area contributed by atoms with Crippen LogP contribution in [0.15, 0.2) is 17.2 Å². The van der Waals surface area contributed by atoms with Crippen molar-refractivity contribution >= 4 is 40.6 Å². The van der Waals surface area contributed by atoms with Gasteiger partial charge in [0.15, 0.2) is 0 Å². The van der Waals surface area contributed by atoms with Gasteiger partial charge in [0.2, 0.25) is 5.28 Å². The zero-order valence-electron chi connectivity index (χ0n) is 7.23. The van der Waals surface area contributed by atoms with E-state index < -0.39 is 5.91 Å². The fraction of sp³-hybridized carbons (Fsp3) is 0. The van der Waals surface area contributed by atoms with Gasteiger partial charge in [-0.1, -0.05) is 0 Å². The maximum atomic E-state index is 11.2. The average molecular weight is 242 g/mol. The molecule has 1 fully saturated rings. The zero-order chi connectivity index (χ0) is 10.8. The number of imide groups is 1. The second kappa shape index (κ2) is 4.00. The van der Waals surface area contributed by atoms with Crippen molar-refractivity contribution in [2.45, 2.75) is 0 Å². The molecule has 1 N–H and O–H groups in total. The number of hydrogen-bond donors (Lipinski definition) is 1. The van der Waals surface area contributed by atoms with Crippen LogP contribution in [-0.4, -0.2) is 21.1 Å². The van der Waals surface area contributed by atoms with E-state index in [4.69, 9.17) is 11.6 Å². The van der Waals surface area contributed by atoms with Crippen LogP contribution in [-0.2, 0) is 4.79 Å². The zero-order valence-corrected chi connectivity index (χ0v) is 8.80. The number of aromatic nitrogens is 2. The molecule has 1 aromatic heterocycles. The molecule has 7 heteroatoms. The fourth-order valence-electron chi connectivity index (χ4n) is 0.984. The third-order valence-corrected chi connectivity index (χ3v) is 2.56. The summed E-state index contributed by atoms with van der Waals surface area (Å²) in [6, 6.07) is 1.59. The van der Waals surface area contributed by atoms with Crippen molar-refractivity contribution in [1.29, 1.82) is 0 Å². The smallest absolute Gasteiger partial charge is 0.282 e. The maximum Gasteiger partial charge on any atom is 0.290 e. The van der Waals surface area contributed by atoms with Crippen LogP contribution in [0, 0.1) is 0 Å². The minimum atomic E-state index is -0.417. The van der Waals surface area contributed by atoms with Crippen LogP contribution in [0.25, 0.3) is 6.08 Å². The molecule has 1 saturated heterocycles. The average Bonchev–Trinajstić information content (AvgIpc) is 2.45. The van der Waals surface area contributed by atoms with E-state index in [1.54, 1.807) is 6.07 Å².